The van der Waals surface area contributed by atoms with Crippen LogP contribution in [-0.4, -0.2) is 27.3 Å². The standard InChI is InChI=1S/C20H38O3S/c1-24(23)19-17-15-13-11-9-7-5-3-2-4-6-8-10-12-14-16-18-20(21)22/h2,4H,3,5-19H2,1H3,(H,21,22)/b4-2-. The molecule has 0 radical (unpaired) electrons. The molecule has 3 nitrogen and oxygen atoms in total. The summed E-state index contributed by atoms with van der Waals surface area (Å²) >= 11 is 0. The van der Waals surface area contributed by atoms with Gasteiger partial charge in [0.15, 0.2) is 0 Å². The Balaban J connectivity index is 3.11. The van der Waals surface area contributed by atoms with Crippen LogP contribution in [0.3, 0.4) is 0 Å². The van der Waals surface area contributed by atoms with Crippen molar-refractivity contribution in [3.8, 4) is 0 Å². The number of rotatable bonds is 18. The largest absolute Gasteiger partial charge is 0.481 e. The quantitative estimate of drug-likeness (QED) is 0.247. The molecule has 0 saturated carbocycles. The molecule has 142 valence electrons. The van der Waals surface area contributed by atoms with Gasteiger partial charge in [-0.2, -0.15) is 0 Å². The Morgan fingerprint density at radius 3 is 1.62 bits per heavy atom. The first-order chi connectivity index (χ1) is 11.6. The van der Waals surface area contributed by atoms with Crippen LogP contribution < -0.4 is 0 Å². The molecule has 1 N–H and O–H groups in total. The highest BCUT2D eigenvalue weighted by Gasteiger charge is 1.96. The minimum Gasteiger partial charge on any atom is -0.481 e. The molecule has 0 saturated heterocycles. The van der Waals surface area contributed by atoms with E-state index in [4.69, 9.17) is 5.11 Å². The van der Waals surface area contributed by atoms with Crippen molar-refractivity contribution in [2.24, 2.45) is 0 Å². The van der Waals surface area contributed by atoms with Crippen LogP contribution in [0.4, 0.5) is 0 Å². The summed E-state index contributed by atoms with van der Waals surface area (Å²) in [4.78, 5) is 10.4. The molecule has 0 bridgehead atoms. The smallest absolute Gasteiger partial charge is 0.303 e. The van der Waals surface area contributed by atoms with E-state index in [2.05, 4.69) is 12.2 Å². The molecule has 1 atom stereocenters. The molecule has 0 aliphatic rings. The summed E-state index contributed by atoms with van der Waals surface area (Å²) in [6.07, 6.45) is 23.5. The second-order valence-corrected chi connectivity index (χ2v) is 8.27. The maximum atomic E-state index is 10.9. The van der Waals surface area contributed by atoms with Crippen LogP contribution in [0.15, 0.2) is 12.2 Å². The Morgan fingerprint density at radius 1 is 0.750 bits per heavy atom. The second kappa shape index (κ2) is 18.7. The minimum absolute atomic E-state index is 0.319. The van der Waals surface area contributed by atoms with Crippen molar-refractivity contribution in [1.82, 2.24) is 0 Å². The molecule has 0 aliphatic carbocycles. The Hall–Kier alpha value is -0.640. The van der Waals surface area contributed by atoms with Gasteiger partial charge in [-0.25, -0.2) is 0 Å². The first-order valence-electron chi connectivity index (χ1n) is 9.79. The molecule has 1 unspecified atom stereocenters. The fourth-order valence-electron chi connectivity index (χ4n) is 2.76. The van der Waals surface area contributed by atoms with Gasteiger partial charge >= 0.3 is 5.97 Å². The zero-order valence-electron chi connectivity index (χ0n) is 15.6. The molecule has 0 rings (SSSR count). The lowest BCUT2D eigenvalue weighted by Crippen LogP contribution is -1.93. The lowest BCUT2D eigenvalue weighted by atomic mass is 10.1. The molecule has 0 aromatic heterocycles. The third kappa shape index (κ3) is 21.4. The van der Waals surface area contributed by atoms with Gasteiger partial charge in [-0.3, -0.25) is 9.00 Å². The van der Waals surface area contributed by atoms with Crippen LogP contribution in [0.1, 0.15) is 96.3 Å². The van der Waals surface area contributed by atoms with E-state index in [-0.39, 0.29) is 0 Å². The molecule has 0 amide bonds. The molecule has 4 heteroatoms. The summed E-state index contributed by atoms with van der Waals surface area (Å²) in [6.45, 7) is 0. The minimum atomic E-state index is -0.674. The zero-order chi connectivity index (χ0) is 17.9. The molecule has 0 heterocycles. The fourth-order valence-corrected chi connectivity index (χ4v) is 3.37. The maximum Gasteiger partial charge on any atom is 0.303 e. The number of carboxylic acid groups (broad SMARTS) is 1. The predicted molar refractivity (Wildman–Crippen MR) is 105 cm³/mol. The van der Waals surface area contributed by atoms with Crippen molar-refractivity contribution in [3.05, 3.63) is 12.2 Å². The lowest BCUT2D eigenvalue weighted by Gasteiger charge is -2.00. The fraction of sp³-hybridized carbons (Fsp3) is 0.850. The van der Waals surface area contributed by atoms with E-state index in [0.717, 1.165) is 37.9 Å². The van der Waals surface area contributed by atoms with Gasteiger partial charge < -0.3 is 5.11 Å². The average Bonchev–Trinajstić information content (AvgIpc) is 2.53. The van der Waals surface area contributed by atoms with Crippen molar-refractivity contribution in [2.75, 3.05) is 12.0 Å². The molecule has 0 aliphatic heterocycles. The van der Waals surface area contributed by atoms with Gasteiger partial charge in [0.2, 0.25) is 0 Å². The second-order valence-electron chi connectivity index (χ2n) is 6.71. The van der Waals surface area contributed by atoms with E-state index in [9.17, 15) is 9.00 Å². The Bertz CT molecular complexity index is 340. The average molecular weight is 359 g/mol. The van der Waals surface area contributed by atoms with Gasteiger partial charge in [0.25, 0.3) is 0 Å². The number of carbonyl (C=O) groups is 1. The molecule has 0 fully saturated rings. The lowest BCUT2D eigenvalue weighted by molar-refractivity contribution is -0.137. The summed E-state index contributed by atoms with van der Waals surface area (Å²) in [5.41, 5.74) is 0. The van der Waals surface area contributed by atoms with E-state index in [1.807, 2.05) is 0 Å². The summed E-state index contributed by atoms with van der Waals surface area (Å²) in [6, 6.07) is 0. The van der Waals surface area contributed by atoms with Gasteiger partial charge in [-0.05, 0) is 38.5 Å². The zero-order valence-corrected chi connectivity index (χ0v) is 16.5. The Morgan fingerprint density at radius 2 is 1.17 bits per heavy atom. The topological polar surface area (TPSA) is 54.4 Å². The normalized spacial score (nSPS) is 12.7. The maximum absolute atomic E-state index is 10.9. The molecule has 0 spiro atoms. The number of unbranched alkanes of at least 4 members (excludes halogenated alkanes) is 12. The van der Waals surface area contributed by atoms with Crippen LogP contribution in [0.5, 0.6) is 0 Å². The summed E-state index contributed by atoms with van der Waals surface area (Å²) < 4.78 is 10.9. The number of aliphatic carboxylic acids is 1. The van der Waals surface area contributed by atoms with E-state index >= 15 is 0 Å². The number of allylic oxidation sites excluding steroid dienone is 2. The van der Waals surface area contributed by atoms with Crippen LogP contribution in [0.25, 0.3) is 0 Å². The summed E-state index contributed by atoms with van der Waals surface area (Å²) in [7, 11) is -0.614. The van der Waals surface area contributed by atoms with E-state index in [1.54, 1.807) is 6.26 Å². The predicted octanol–water partition coefficient (Wildman–Crippen LogP) is 5.86. The van der Waals surface area contributed by atoms with Crippen molar-refractivity contribution in [3.63, 3.8) is 0 Å². The Kier molecular flexibility index (Phi) is 18.2. The Labute approximate surface area is 151 Å². The highest BCUT2D eigenvalue weighted by molar-refractivity contribution is 7.84. The van der Waals surface area contributed by atoms with Gasteiger partial charge in [0.1, 0.15) is 0 Å². The van der Waals surface area contributed by atoms with Crippen LogP contribution >= 0.6 is 0 Å². The van der Waals surface area contributed by atoms with Crippen molar-refractivity contribution in [1.29, 1.82) is 0 Å². The van der Waals surface area contributed by atoms with Crippen molar-refractivity contribution >= 4 is 16.8 Å². The number of hydrogen-bond acceptors (Lipinski definition) is 2. The van der Waals surface area contributed by atoms with Gasteiger partial charge in [-0.15, -0.1) is 0 Å². The molecule has 24 heavy (non-hydrogen) atoms. The number of carboxylic acids is 1. The third-order valence-electron chi connectivity index (χ3n) is 4.23. The third-order valence-corrected chi connectivity index (χ3v) is 5.09. The monoisotopic (exact) mass is 358 g/mol. The molecule has 0 aromatic carbocycles. The van der Waals surface area contributed by atoms with Crippen molar-refractivity contribution in [2.45, 2.75) is 96.3 Å². The summed E-state index contributed by atoms with van der Waals surface area (Å²) in [5, 5.41) is 8.54. The van der Waals surface area contributed by atoms with Gasteiger partial charge in [-0.1, -0.05) is 63.5 Å². The van der Waals surface area contributed by atoms with Crippen LogP contribution in [0.2, 0.25) is 0 Å². The van der Waals surface area contributed by atoms with E-state index in [0.29, 0.717) is 6.42 Å². The first kappa shape index (κ1) is 23.4. The number of hydrogen-bond donors (Lipinski definition) is 1. The molecular formula is C20H38O3S. The highest BCUT2D eigenvalue weighted by atomic mass is 32.2. The van der Waals surface area contributed by atoms with Crippen LogP contribution in [0, 0.1) is 0 Å². The van der Waals surface area contributed by atoms with Gasteiger partial charge in [0, 0.05) is 29.2 Å². The van der Waals surface area contributed by atoms with Gasteiger partial charge in [0.05, 0.1) is 0 Å². The molecular weight excluding hydrogens is 320 g/mol. The first-order valence-corrected chi connectivity index (χ1v) is 11.5. The van der Waals surface area contributed by atoms with E-state index < -0.39 is 16.8 Å². The SMILES string of the molecule is CS(=O)CCCCCCCCC/C=C\CCCCCCCC(=O)O. The molecule has 0 aromatic rings. The van der Waals surface area contributed by atoms with Crippen LogP contribution in [-0.2, 0) is 15.6 Å². The summed E-state index contributed by atoms with van der Waals surface area (Å²) in [5.74, 6) is 0.194. The van der Waals surface area contributed by atoms with E-state index in [1.165, 1.54) is 57.8 Å². The highest BCUT2D eigenvalue weighted by Crippen LogP contribution is 2.10. The van der Waals surface area contributed by atoms with Crippen molar-refractivity contribution < 1.29 is 14.1 Å².